The summed E-state index contributed by atoms with van der Waals surface area (Å²) in [5, 5.41) is 0. The highest BCUT2D eigenvalue weighted by molar-refractivity contribution is 9.11. The number of hydrogen-bond acceptors (Lipinski definition) is 1. The van der Waals surface area contributed by atoms with Gasteiger partial charge in [0, 0.05) is 0 Å². The normalized spacial score (nSPS) is 18.8. The molecule has 0 spiro atoms. The van der Waals surface area contributed by atoms with Crippen LogP contribution in [0, 0.1) is 0 Å². The molecule has 1 aliphatic rings. The summed E-state index contributed by atoms with van der Waals surface area (Å²) in [6.07, 6.45) is 2.98. The molecule has 0 bridgehead atoms. The lowest BCUT2D eigenvalue weighted by Crippen LogP contribution is -1.92. The molecule has 0 amide bonds. The fraction of sp³-hybridized carbons (Fsp3) is 0.200. The Morgan fingerprint density at radius 1 is 1.75 bits per heavy atom. The second-order valence-electron chi connectivity index (χ2n) is 1.34. The van der Waals surface area contributed by atoms with Crippen molar-refractivity contribution in [2.24, 2.45) is 0 Å². The van der Waals surface area contributed by atoms with E-state index in [9.17, 15) is 4.39 Å². The van der Waals surface area contributed by atoms with Gasteiger partial charge in [-0.05, 0) is 28.1 Å². The largest absolute Gasteiger partial charge is 0.480 e. The second kappa shape index (κ2) is 2.31. The maximum absolute atomic E-state index is 12.2. The summed E-state index contributed by atoms with van der Waals surface area (Å²) in [6, 6.07) is 0. The lowest BCUT2D eigenvalue weighted by molar-refractivity contribution is 0.263. The fourth-order valence-electron chi connectivity index (χ4n) is 0.407. The zero-order chi connectivity index (χ0) is 5.98. The van der Waals surface area contributed by atoms with Gasteiger partial charge in [-0.15, -0.1) is 0 Å². The van der Waals surface area contributed by atoms with Crippen molar-refractivity contribution >= 4 is 15.9 Å². The van der Waals surface area contributed by atoms with Gasteiger partial charge in [-0.25, -0.2) is 4.39 Å². The van der Waals surface area contributed by atoms with Gasteiger partial charge >= 0.3 is 0 Å². The molecule has 0 aromatic rings. The molecule has 0 unspecified atom stereocenters. The first-order valence-corrected chi connectivity index (χ1v) is 2.94. The van der Waals surface area contributed by atoms with Crippen molar-refractivity contribution in [1.82, 2.24) is 0 Å². The van der Waals surface area contributed by atoms with E-state index in [1.165, 1.54) is 6.08 Å². The van der Waals surface area contributed by atoms with Crippen LogP contribution in [0.1, 0.15) is 0 Å². The first-order chi connectivity index (χ1) is 3.80. The van der Waals surface area contributed by atoms with E-state index in [-0.39, 0.29) is 10.5 Å². The Hall–Kier alpha value is -0.310. The SMILES string of the molecule is FC1=C(Br)OCC=C1. The average Bonchev–Trinajstić information content (AvgIpc) is 1.77. The summed E-state index contributed by atoms with van der Waals surface area (Å²) >= 11 is 2.88. The Balaban J connectivity index is 2.76. The molecule has 1 rings (SSSR count). The van der Waals surface area contributed by atoms with Crippen molar-refractivity contribution in [3.05, 3.63) is 22.6 Å². The number of hydrogen-bond donors (Lipinski definition) is 0. The topological polar surface area (TPSA) is 9.23 Å². The van der Waals surface area contributed by atoms with E-state index < -0.39 is 0 Å². The highest BCUT2D eigenvalue weighted by atomic mass is 79.9. The monoisotopic (exact) mass is 178 g/mol. The molecule has 44 valence electrons. The summed E-state index contributed by atoms with van der Waals surface area (Å²) in [5.74, 6) is -0.351. The van der Waals surface area contributed by atoms with E-state index in [4.69, 9.17) is 4.74 Å². The predicted molar refractivity (Wildman–Crippen MR) is 32.2 cm³/mol. The van der Waals surface area contributed by atoms with Gasteiger partial charge in [-0.2, -0.15) is 0 Å². The van der Waals surface area contributed by atoms with Gasteiger partial charge in [0.05, 0.1) is 0 Å². The molecular weight excluding hydrogens is 175 g/mol. The molecule has 1 heterocycles. The molecule has 0 aromatic heterocycles. The standard InChI is InChI=1S/C5H4BrFO/c6-5-4(7)2-1-3-8-5/h1-2H,3H2. The van der Waals surface area contributed by atoms with E-state index in [1.807, 2.05) is 0 Å². The Morgan fingerprint density at radius 2 is 2.50 bits per heavy atom. The van der Waals surface area contributed by atoms with Crippen molar-refractivity contribution in [2.45, 2.75) is 0 Å². The van der Waals surface area contributed by atoms with E-state index in [1.54, 1.807) is 6.08 Å². The molecule has 0 radical (unpaired) electrons. The average molecular weight is 179 g/mol. The number of rotatable bonds is 0. The first-order valence-electron chi connectivity index (χ1n) is 2.15. The van der Waals surface area contributed by atoms with E-state index >= 15 is 0 Å². The van der Waals surface area contributed by atoms with Crippen LogP contribution in [0.3, 0.4) is 0 Å². The van der Waals surface area contributed by atoms with Gasteiger partial charge in [-0.3, -0.25) is 0 Å². The minimum Gasteiger partial charge on any atom is -0.480 e. The molecule has 8 heavy (non-hydrogen) atoms. The summed E-state index contributed by atoms with van der Waals surface area (Å²) in [6.45, 7) is 0.452. The Morgan fingerprint density at radius 3 is 2.88 bits per heavy atom. The van der Waals surface area contributed by atoms with Crippen molar-refractivity contribution in [3.8, 4) is 0 Å². The van der Waals surface area contributed by atoms with Crippen LogP contribution in [0.5, 0.6) is 0 Å². The van der Waals surface area contributed by atoms with Crippen molar-refractivity contribution in [2.75, 3.05) is 6.61 Å². The van der Waals surface area contributed by atoms with Crippen LogP contribution in [-0.4, -0.2) is 6.61 Å². The minimum absolute atomic E-state index is 0.194. The van der Waals surface area contributed by atoms with E-state index in [0.717, 1.165) is 0 Å². The predicted octanol–water partition coefficient (Wildman–Crippen LogP) is 2.11. The lowest BCUT2D eigenvalue weighted by Gasteiger charge is -2.04. The molecule has 0 fully saturated rings. The smallest absolute Gasteiger partial charge is 0.198 e. The van der Waals surface area contributed by atoms with Crippen molar-refractivity contribution < 1.29 is 9.13 Å². The third kappa shape index (κ3) is 1.10. The van der Waals surface area contributed by atoms with Crippen molar-refractivity contribution in [3.63, 3.8) is 0 Å². The third-order valence-electron chi connectivity index (χ3n) is 0.758. The maximum Gasteiger partial charge on any atom is 0.198 e. The molecule has 0 saturated carbocycles. The van der Waals surface area contributed by atoms with Gasteiger partial charge in [0.1, 0.15) is 6.61 Å². The summed E-state index contributed by atoms with van der Waals surface area (Å²) in [4.78, 5) is 0. The Kier molecular flexibility index (Phi) is 1.68. The van der Waals surface area contributed by atoms with Crippen molar-refractivity contribution in [1.29, 1.82) is 0 Å². The minimum atomic E-state index is -0.351. The lowest BCUT2D eigenvalue weighted by atomic mass is 10.4. The quantitative estimate of drug-likeness (QED) is 0.553. The molecule has 0 N–H and O–H groups in total. The number of ether oxygens (including phenoxy) is 1. The Bertz CT molecular complexity index is 151. The zero-order valence-electron chi connectivity index (χ0n) is 4.03. The van der Waals surface area contributed by atoms with Gasteiger partial charge in [0.15, 0.2) is 10.5 Å². The van der Waals surface area contributed by atoms with Gasteiger partial charge in [-0.1, -0.05) is 0 Å². The van der Waals surface area contributed by atoms with E-state index in [0.29, 0.717) is 6.61 Å². The van der Waals surface area contributed by atoms with Crippen LogP contribution in [0.2, 0.25) is 0 Å². The zero-order valence-corrected chi connectivity index (χ0v) is 5.61. The molecule has 0 saturated heterocycles. The molecular formula is C5H4BrFO. The highest BCUT2D eigenvalue weighted by Crippen LogP contribution is 2.18. The summed E-state index contributed by atoms with van der Waals surface area (Å²) in [7, 11) is 0. The molecule has 0 aromatic carbocycles. The van der Waals surface area contributed by atoms with Gasteiger partial charge in [0.2, 0.25) is 0 Å². The fourth-order valence-corrected chi connectivity index (χ4v) is 0.672. The van der Waals surface area contributed by atoms with Crippen LogP contribution < -0.4 is 0 Å². The third-order valence-corrected chi connectivity index (χ3v) is 1.37. The van der Waals surface area contributed by atoms with Crippen LogP contribution in [0.15, 0.2) is 22.6 Å². The summed E-state index contributed by atoms with van der Waals surface area (Å²) < 4.78 is 17.1. The molecule has 0 aliphatic carbocycles. The van der Waals surface area contributed by atoms with Gasteiger partial charge < -0.3 is 4.74 Å². The highest BCUT2D eigenvalue weighted by Gasteiger charge is 2.03. The molecule has 0 atom stereocenters. The Labute approximate surface area is 55.0 Å². The number of allylic oxidation sites excluding steroid dienone is 2. The second-order valence-corrected chi connectivity index (χ2v) is 2.06. The number of halogens is 2. The molecule has 3 heteroatoms. The van der Waals surface area contributed by atoms with Gasteiger partial charge in [0.25, 0.3) is 0 Å². The van der Waals surface area contributed by atoms with Crippen LogP contribution >= 0.6 is 15.9 Å². The first kappa shape index (κ1) is 5.82. The van der Waals surface area contributed by atoms with Crippen LogP contribution in [0.25, 0.3) is 0 Å². The maximum atomic E-state index is 12.2. The molecule has 1 aliphatic heterocycles. The molecule has 1 nitrogen and oxygen atoms in total. The summed E-state index contributed by atoms with van der Waals surface area (Å²) in [5.41, 5.74) is 0. The van der Waals surface area contributed by atoms with E-state index in [2.05, 4.69) is 15.9 Å². The van der Waals surface area contributed by atoms with Crippen LogP contribution in [-0.2, 0) is 4.74 Å². The van der Waals surface area contributed by atoms with Crippen LogP contribution in [0.4, 0.5) is 4.39 Å².